The first-order valence-electron chi connectivity index (χ1n) is 6.12. The summed E-state index contributed by atoms with van der Waals surface area (Å²) in [5.41, 5.74) is 1.01. The van der Waals surface area contributed by atoms with Crippen molar-refractivity contribution in [2.24, 2.45) is 0 Å². The van der Waals surface area contributed by atoms with Crippen LogP contribution in [0.1, 0.15) is 22.7 Å². The van der Waals surface area contributed by atoms with Crippen LogP contribution in [0, 0.1) is 3.57 Å². The number of hydrogen-bond donors (Lipinski definition) is 1. The normalized spacial score (nSPS) is 13.2. The topological polar surface area (TPSA) is 12.0 Å². The predicted molar refractivity (Wildman–Crippen MR) is 86.5 cm³/mol. The van der Waals surface area contributed by atoms with Gasteiger partial charge in [-0.15, -0.1) is 0 Å². The van der Waals surface area contributed by atoms with Crippen molar-refractivity contribution in [2.75, 3.05) is 7.05 Å². The van der Waals surface area contributed by atoms with E-state index in [1.807, 2.05) is 18.2 Å². The van der Waals surface area contributed by atoms with Crippen molar-refractivity contribution in [1.29, 1.82) is 0 Å². The summed E-state index contributed by atoms with van der Waals surface area (Å²) in [6.07, 6.45) is -4.32. The average molecular weight is 426 g/mol. The maximum Gasteiger partial charge on any atom is 0.416 e. The molecule has 2 aromatic carbocycles. The van der Waals surface area contributed by atoms with Gasteiger partial charge in [0.15, 0.2) is 0 Å². The number of halogens is 5. The Hall–Kier alpha value is -0.790. The van der Waals surface area contributed by atoms with Crippen LogP contribution in [0.4, 0.5) is 13.2 Å². The zero-order valence-corrected chi connectivity index (χ0v) is 13.9. The first kappa shape index (κ1) is 16.6. The van der Waals surface area contributed by atoms with Gasteiger partial charge in [-0.2, -0.15) is 13.2 Å². The Morgan fingerprint density at radius 3 is 2.10 bits per heavy atom. The summed E-state index contributed by atoms with van der Waals surface area (Å²) >= 11 is 8.23. The Labute approximate surface area is 139 Å². The molecule has 0 fully saturated rings. The SMILES string of the molecule is CNC(c1ccc(C(F)(F)F)cc1)c1ccc(I)c(Cl)c1. The van der Waals surface area contributed by atoms with E-state index in [0.29, 0.717) is 5.02 Å². The van der Waals surface area contributed by atoms with E-state index in [1.54, 1.807) is 7.05 Å². The zero-order chi connectivity index (χ0) is 15.6. The molecule has 6 heteroatoms. The lowest BCUT2D eigenvalue weighted by Gasteiger charge is -2.18. The molecule has 0 spiro atoms. The van der Waals surface area contributed by atoms with E-state index in [1.165, 1.54) is 12.1 Å². The molecule has 0 heterocycles. The van der Waals surface area contributed by atoms with Crippen molar-refractivity contribution in [3.63, 3.8) is 0 Å². The minimum absolute atomic E-state index is 0.207. The van der Waals surface area contributed by atoms with Crippen LogP contribution in [0.15, 0.2) is 42.5 Å². The van der Waals surface area contributed by atoms with Crippen molar-refractivity contribution in [3.05, 3.63) is 67.7 Å². The highest BCUT2D eigenvalue weighted by Gasteiger charge is 2.30. The van der Waals surface area contributed by atoms with Crippen LogP contribution in [0.3, 0.4) is 0 Å². The molecule has 1 unspecified atom stereocenters. The van der Waals surface area contributed by atoms with E-state index in [0.717, 1.165) is 26.8 Å². The second-order valence-corrected chi connectivity index (χ2v) is 6.08. The fourth-order valence-corrected chi connectivity index (χ4v) is 2.61. The van der Waals surface area contributed by atoms with Crippen molar-refractivity contribution in [1.82, 2.24) is 5.32 Å². The molecule has 1 atom stereocenters. The fourth-order valence-electron chi connectivity index (χ4n) is 2.08. The van der Waals surface area contributed by atoms with Gasteiger partial charge in [-0.3, -0.25) is 0 Å². The summed E-state index contributed by atoms with van der Waals surface area (Å²) in [5, 5.41) is 3.72. The molecule has 21 heavy (non-hydrogen) atoms. The Morgan fingerprint density at radius 1 is 1.05 bits per heavy atom. The summed E-state index contributed by atoms with van der Waals surface area (Å²) in [6.45, 7) is 0. The van der Waals surface area contributed by atoms with Crippen LogP contribution in [-0.4, -0.2) is 7.05 Å². The summed E-state index contributed by atoms with van der Waals surface area (Å²) in [4.78, 5) is 0. The van der Waals surface area contributed by atoms with Gasteiger partial charge in [0.1, 0.15) is 0 Å². The molecule has 0 saturated heterocycles. The van der Waals surface area contributed by atoms with E-state index < -0.39 is 11.7 Å². The van der Waals surface area contributed by atoms with Crippen LogP contribution >= 0.6 is 34.2 Å². The summed E-state index contributed by atoms with van der Waals surface area (Å²) < 4.78 is 38.7. The molecule has 0 amide bonds. The second-order valence-electron chi connectivity index (χ2n) is 4.52. The molecule has 1 nitrogen and oxygen atoms in total. The minimum Gasteiger partial charge on any atom is -0.309 e. The smallest absolute Gasteiger partial charge is 0.309 e. The zero-order valence-electron chi connectivity index (χ0n) is 11.0. The van der Waals surface area contributed by atoms with Gasteiger partial charge in [-0.05, 0) is 65.0 Å². The predicted octanol–water partition coefficient (Wildman–Crippen LogP) is 5.27. The lowest BCUT2D eigenvalue weighted by molar-refractivity contribution is -0.137. The number of alkyl halides is 3. The standard InChI is InChI=1S/C15H12ClF3IN/c1-21-14(10-4-7-13(20)12(16)8-10)9-2-5-11(6-3-9)15(17,18)19/h2-8,14,21H,1H3. The van der Waals surface area contributed by atoms with Crippen molar-refractivity contribution in [2.45, 2.75) is 12.2 Å². The number of nitrogens with one attached hydrogen (secondary N) is 1. The molecule has 0 aliphatic rings. The Bertz CT molecular complexity index is 626. The van der Waals surface area contributed by atoms with Gasteiger partial charge >= 0.3 is 6.18 Å². The van der Waals surface area contributed by atoms with E-state index in [2.05, 4.69) is 27.9 Å². The van der Waals surface area contributed by atoms with E-state index in [4.69, 9.17) is 11.6 Å². The minimum atomic E-state index is -4.32. The summed E-state index contributed by atoms with van der Waals surface area (Å²) in [6, 6.07) is 10.6. The highest BCUT2D eigenvalue weighted by molar-refractivity contribution is 14.1. The monoisotopic (exact) mass is 425 g/mol. The average Bonchev–Trinajstić information content (AvgIpc) is 2.43. The summed E-state index contributed by atoms with van der Waals surface area (Å²) in [5.74, 6) is 0. The molecule has 2 rings (SSSR count). The van der Waals surface area contributed by atoms with Crippen molar-refractivity contribution < 1.29 is 13.2 Å². The largest absolute Gasteiger partial charge is 0.416 e. The van der Waals surface area contributed by atoms with Crippen LogP contribution in [0.2, 0.25) is 5.02 Å². The highest BCUT2D eigenvalue weighted by Crippen LogP contribution is 2.32. The first-order valence-corrected chi connectivity index (χ1v) is 7.58. The maximum absolute atomic E-state index is 12.6. The van der Waals surface area contributed by atoms with Crippen LogP contribution in [0.5, 0.6) is 0 Å². The van der Waals surface area contributed by atoms with Gasteiger partial charge in [0.05, 0.1) is 16.6 Å². The Kier molecular flexibility index (Phi) is 5.16. The maximum atomic E-state index is 12.6. The molecule has 2 aromatic rings. The first-order chi connectivity index (χ1) is 9.82. The van der Waals surface area contributed by atoms with E-state index >= 15 is 0 Å². The lowest BCUT2D eigenvalue weighted by Crippen LogP contribution is -2.18. The Morgan fingerprint density at radius 2 is 1.62 bits per heavy atom. The molecule has 0 aliphatic heterocycles. The van der Waals surface area contributed by atoms with Gasteiger partial charge in [-0.1, -0.05) is 29.8 Å². The summed E-state index contributed by atoms with van der Waals surface area (Å²) in [7, 11) is 1.76. The van der Waals surface area contributed by atoms with Gasteiger partial charge in [0.2, 0.25) is 0 Å². The van der Waals surface area contributed by atoms with Crippen molar-refractivity contribution >= 4 is 34.2 Å². The third-order valence-electron chi connectivity index (χ3n) is 3.14. The highest BCUT2D eigenvalue weighted by atomic mass is 127. The number of benzene rings is 2. The van der Waals surface area contributed by atoms with Crippen LogP contribution in [0.25, 0.3) is 0 Å². The van der Waals surface area contributed by atoms with Crippen molar-refractivity contribution in [3.8, 4) is 0 Å². The molecule has 0 bridgehead atoms. The molecule has 0 saturated carbocycles. The molecule has 0 radical (unpaired) electrons. The molecular formula is C15H12ClF3IN. The molecular weight excluding hydrogens is 414 g/mol. The van der Waals surface area contributed by atoms with Gasteiger partial charge in [0, 0.05) is 3.57 Å². The third-order valence-corrected chi connectivity index (χ3v) is 4.71. The molecule has 0 aromatic heterocycles. The quantitative estimate of drug-likeness (QED) is 0.661. The number of rotatable bonds is 3. The van der Waals surface area contributed by atoms with Crippen LogP contribution in [-0.2, 0) is 6.18 Å². The van der Waals surface area contributed by atoms with E-state index in [9.17, 15) is 13.2 Å². The Balaban J connectivity index is 2.35. The fraction of sp³-hybridized carbons (Fsp3) is 0.200. The third kappa shape index (κ3) is 3.90. The molecule has 112 valence electrons. The molecule has 0 aliphatic carbocycles. The lowest BCUT2D eigenvalue weighted by atomic mass is 9.98. The van der Waals surface area contributed by atoms with E-state index in [-0.39, 0.29) is 6.04 Å². The second kappa shape index (κ2) is 6.54. The van der Waals surface area contributed by atoms with Gasteiger partial charge in [0.25, 0.3) is 0 Å². The number of hydrogen-bond acceptors (Lipinski definition) is 1. The van der Waals surface area contributed by atoms with Gasteiger partial charge in [-0.25, -0.2) is 0 Å². The van der Waals surface area contributed by atoms with Crippen LogP contribution < -0.4 is 5.32 Å². The molecule has 1 N–H and O–H groups in total. The van der Waals surface area contributed by atoms with Gasteiger partial charge < -0.3 is 5.32 Å².